The van der Waals surface area contributed by atoms with Crippen molar-refractivity contribution in [3.8, 4) is 0 Å². The van der Waals surface area contributed by atoms with Gasteiger partial charge >= 0.3 is 0 Å². The number of carbonyl (C=O) groups excluding carboxylic acids is 1. The van der Waals surface area contributed by atoms with Crippen molar-refractivity contribution in [1.82, 2.24) is 10.6 Å². The van der Waals surface area contributed by atoms with E-state index in [0.29, 0.717) is 25.6 Å². The molecular weight excluding hydrogens is 224 g/mol. The van der Waals surface area contributed by atoms with Crippen LogP contribution in [0.25, 0.3) is 0 Å². The maximum Gasteiger partial charge on any atom is 0.233 e. The van der Waals surface area contributed by atoms with E-state index in [2.05, 4.69) is 36.3 Å². The minimum absolute atomic E-state index is 0.0390. The summed E-state index contributed by atoms with van der Waals surface area (Å²) in [5.41, 5.74) is 1.32. The Morgan fingerprint density at radius 2 is 2.11 bits per heavy atom. The van der Waals surface area contributed by atoms with Crippen molar-refractivity contribution >= 4 is 5.91 Å². The number of rotatable bonds is 8. The zero-order valence-corrected chi connectivity index (χ0v) is 11.0. The van der Waals surface area contributed by atoms with E-state index in [1.54, 1.807) is 6.08 Å². The first kappa shape index (κ1) is 14.5. The first-order chi connectivity index (χ1) is 8.74. The van der Waals surface area contributed by atoms with Gasteiger partial charge in [0.1, 0.15) is 0 Å². The monoisotopic (exact) mass is 246 g/mol. The van der Waals surface area contributed by atoms with E-state index in [1.807, 2.05) is 18.2 Å². The van der Waals surface area contributed by atoms with E-state index in [9.17, 15) is 4.79 Å². The molecule has 2 N–H and O–H groups in total. The topological polar surface area (TPSA) is 41.1 Å². The lowest BCUT2D eigenvalue weighted by molar-refractivity contribution is -0.120. The lowest BCUT2D eigenvalue weighted by atomic mass is 9.98. The Bertz CT molecular complexity index is 362. The SMILES string of the molecule is C=CCNCC(=O)NCCC(C)c1ccccc1. The standard InChI is InChI=1S/C15H22N2O/c1-3-10-16-12-15(18)17-11-9-13(2)14-7-5-4-6-8-14/h3-8,13,16H,1,9-12H2,2H3,(H,17,18). The molecule has 98 valence electrons. The molecule has 0 aromatic heterocycles. The summed E-state index contributed by atoms with van der Waals surface area (Å²) >= 11 is 0. The van der Waals surface area contributed by atoms with E-state index in [1.165, 1.54) is 5.56 Å². The summed E-state index contributed by atoms with van der Waals surface area (Å²) in [6.45, 7) is 7.49. The van der Waals surface area contributed by atoms with Crippen LogP contribution in [0.4, 0.5) is 0 Å². The van der Waals surface area contributed by atoms with Gasteiger partial charge in [0.05, 0.1) is 6.54 Å². The van der Waals surface area contributed by atoms with Gasteiger partial charge in [-0.15, -0.1) is 6.58 Å². The van der Waals surface area contributed by atoms with Crippen molar-refractivity contribution in [3.05, 3.63) is 48.6 Å². The molecule has 0 heterocycles. The van der Waals surface area contributed by atoms with Gasteiger partial charge in [0.2, 0.25) is 5.91 Å². The second-order valence-corrected chi connectivity index (χ2v) is 4.37. The highest BCUT2D eigenvalue weighted by molar-refractivity contribution is 5.77. The molecule has 1 amide bonds. The fraction of sp³-hybridized carbons (Fsp3) is 0.400. The van der Waals surface area contributed by atoms with Gasteiger partial charge in [0.25, 0.3) is 0 Å². The molecule has 0 radical (unpaired) electrons. The fourth-order valence-corrected chi connectivity index (χ4v) is 1.73. The lowest BCUT2D eigenvalue weighted by Crippen LogP contribution is -2.34. The van der Waals surface area contributed by atoms with Gasteiger partial charge in [-0.2, -0.15) is 0 Å². The van der Waals surface area contributed by atoms with Crippen LogP contribution in [-0.2, 0) is 4.79 Å². The second kappa shape index (κ2) is 8.48. The number of benzene rings is 1. The third kappa shape index (κ3) is 5.64. The van der Waals surface area contributed by atoms with E-state index < -0.39 is 0 Å². The second-order valence-electron chi connectivity index (χ2n) is 4.37. The number of carbonyl (C=O) groups is 1. The van der Waals surface area contributed by atoms with Crippen LogP contribution in [0.1, 0.15) is 24.8 Å². The molecule has 0 aliphatic carbocycles. The predicted molar refractivity (Wildman–Crippen MR) is 75.6 cm³/mol. The maximum absolute atomic E-state index is 11.4. The molecule has 0 fully saturated rings. The number of hydrogen-bond acceptors (Lipinski definition) is 2. The highest BCUT2D eigenvalue weighted by Crippen LogP contribution is 2.17. The Morgan fingerprint density at radius 3 is 2.78 bits per heavy atom. The van der Waals surface area contributed by atoms with Gasteiger partial charge in [0, 0.05) is 13.1 Å². The van der Waals surface area contributed by atoms with Crippen LogP contribution >= 0.6 is 0 Å². The van der Waals surface area contributed by atoms with Crippen LogP contribution in [0.3, 0.4) is 0 Å². The molecule has 1 aromatic rings. The molecule has 0 saturated carbocycles. The minimum Gasteiger partial charge on any atom is -0.355 e. The molecule has 3 heteroatoms. The average molecular weight is 246 g/mol. The van der Waals surface area contributed by atoms with Crippen LogP contribution in [0.5, 0.6) is 0 Å². The summed E-state index contributed by atoms with van der Waals surface area (Å²) < 4.78 is 0. The van der Waals surface area contributed by atoms with Crippen LogP contribution in [0, 0.1) is 0 Å². The van der Waals surface area contributed by atoms with Gasteiger partial charge in [-0.05, 0) is 17.9 Å². The zero-order valence-electron chi connectivity index (χ0n) is 11.0. The summed E-state index contributed by atoms with van der Waals surface area (Å²) in [5.74, 6) is 0.504. The van der Waals surface area contributed by atoms with Crippen molar-refractivity contribution in [2.75, 3.05) is 19.6 Å². The van der Waals surface area contributed by atoms with Crippen LogP contribution in [0.2, 0.25) is 0 Å². The molecule has 1 rings (SSSR count). The first-order valence-corrected chi connectivity index (χ1v) is 6.37. The summed E-state index contributed by atoms with van der Waals surface area (Å²) in [7, 11) is 0. The quantitative estimate of drug-likeness (QED) is 0.544. The third-order valence-corrected chi connectivity index (χ3v) is 2.84. The van der Waals surface area contributed by atoms with Crippen molar-refractivity contribution in [2.45, 2.75) is 19.3 Å². The molecule has 0 spiro atoms. The maximum atomic E-state index is 11.4. The molecule has 0 aliphatic heterocycles. The van der Waals surface area contributed by atoms with Crippen LogP contribution in [-0.4, -0.2) is 25.5 Å². The average Bonchev–Trinajstić information content (AvgIpc) is 2.40. The van der Waals surface area contributed by atoms with Crippen molar-refractivity contribution in [3.63, 3.8) is 0 Å². The van der Waals surface area contributed by atoms with Gasteiger partial charge in [-0.3, -0.25) is 4.79 Å². The largest absolute Gasteiger partial charge is 0.355 e. The minimum atomic E-state index is 0.0390. The summed E-state index contributed by atoms with van der Waals surface area (Å²) in [5, 5.41) is 5.88. The smallest absolute Gasteiger partial charge is 0.233 e. The molecule has 0 saturated heterocycles. The molecule has 1 atom stereocenters. The Labute approximate surface area is 109 Å². The predicted octanol–water partition coefficient (Wildman–Crippen LogP) is 2.07. The third-order valence-electron chi connectivity index (χ3n) is 2.84. The van der Waals surface area contributed by atoms with Crippen molar-refractivity contribution < 1.29 is 4.79 Å². The van der Waals surface area contributed by atoms with Gasteiger partial charge < -0.3 is 10.6 Å². The molecule has 0 bridgehead atoms. The van der Waals surface area contributed by atoms with Gasteiger partial charge in [-0.1, -0.05) is 43.3 Å². The van der Waals surface area contributed by atoms with Crippen LogP contribution in [0.15, 0.2) is 43.0 Å². The molecule has 3 nitrogen and oxygen atoms in total. The van der Waals surface area contributed by atoms with Gasteiger partial charge in [-0.25, -0.2) is 0 Å². The molecule has 1 unspecified atom stereocenters. The Balaban J connectivity index is 2.17. The summed E-state index contributed by atoms with van der Waals surface area (Å²) in [6, 6.07) is 10.4. The Hall–Kier alpha value is -1.61. The zero-order chi connectivity index (χ0) is 13.2. The number of amides is 1. The summed E-state index contributed by atoms with van der Waals surface area (Å²) in [6.07, 6.45) is 2.70. The van der Waals surface area contributed by atoms with Crippen LogP contribution < -0.4 is 10.6 Å². The van der Waals surface area contributed by atoms with E-state index in [0.717, 1.165) is 6.42 Å². The first-order valence-electron chi connectivity index (χ1n) is 6.37. The molecule has 1 aromatic carbocycles. The summed E-state index contributed by atoms with van der Waals surface area (Å²) in [4.78, 5) is 11.4. The van der Waals surface area contributed by atoms with Crippen molar-refractivity contribution in [2.24, 2.45) is 0 Å². The van der Waals surface area contributed by atoms with E-state index in [-0.39, 0.29) is 5.91 Å². The Kier molecular flexibility index (Phi) is 6.81. The number of hydrogen-bond donors (Lipinski definition) is 2. The highest BCUT2D eigenvalue weighted by Gasteiger charge is 2.05. The normalized spacial score (nSPS) is 11.8. The van der Waals surface area contributed by atoms with E-state index in [4.69, 9.17) is 0 Å². The number of nitrogens with one attached hydrogen (secondary N) is 2. The van der Waals surface area contributed by atoms with Crippen molar-refractivity contribution in [1.29, 1.82) is 0 Å². The van der Waals surface area contributed by atoms with E-state index >= 15 is 0 Å². The fourth-order valence-electron chi connectivity index (χ4n) is 1.73. The highest BCUT2D eigenvalue weighted by atomic mass is 16.1. The Morgan fingerprint density at radius 1 is 1.39 bits per heavy atom. The molecule has 0 aliphatic rings. The lowest BCUT2D eigenvalue weighted by Gasteiger charge is -2.12. The molecule has 18 heavy (non-hydrogen) atoms. The van der Waals surface area contributed by atoms with Gasteiger partial charge in [0.15, 0.2) is 0 Å². The molecular formula is C15H22N2O.